The normalized spacial score (nSPS) is 15.2. The highest BCUT2D eigenvalue weighted by atomic mass is 16.6. The van der Waals surface area contributed by atoms with Crippen LogP contribution in [0, 0.1) is 0 Å². The summed E-state index contributed by atoms with van der Waals surface area (Å²) in [5.74, 6) is 0.776. The molecule has 1 aliphatic heterocycles. The molecule has 1 N–H and O–H groups in total. The van der Waals surface area contributed by atoms with Gasteiger partial charge in [0.05, 0.1) is 20.8 Å². The zero-order chi connectivity index (χ0) is 24.8. The van der Waals surface area contributed by atoms with Gasteiger partial charge in [0.25, 0.3) is 5.91 Å². The second-order valence-electron chi connectivity index (χ2n) is 7.62. The Kier molecular flexibility index (Phi) is 7.20. The van der Waals surface area contributed by atoms with Crippen LogP contribution in [0.1, 0.15) is 35.1 Å². The van der Waals surface area contributed by atoms with Crippen molar-refractivity contribution < 1.29 is 23.8 Å². The number of carbonyl (C=O) groups excluding carboxylic acids is 2. The van der Waals surface area contributed by atoms with Gasteiger partial charge >= 0.3 is 6.09 Å². The molecule has 0 aliphatic carbocycles. The average molecular weight is 476 g/mol. The molecule has 2 amide bonds. The number of rotatable bonds is 8. The molecule has 10 heteroatoms. The van der Waals surface area contributed by atoms with Crippen molar-refractivity contribution in [3.8, 4) is 11.5 Å². The summed E-state index contributed by atoms with van der Waals surface area (Å²) in [5.41, 5.74) is 2.66. The molecule has 2 aromatic carbocycles. The van der Waals surface area contributed by atoms with E-state index in [1.807, 2.05) is 19.1 Å². The van der Waals surface area contributed by atoms with Gasteiger partial charge in [-0.3, -0.25) is 4.79 Å². The maximum Gasteiger partial charge on any atom is 0.431 e. The van der Waals surface area contributed by atoms with Gasteiger partial charge in [0.1, 0.15) is 11.8 Å². The molecule has 0 fully saturated rings. The molecule has 0 bridgehead atoms. The average Bonchev–Trinajstić information content (AvgIpc) is 2.89. The molecule has 180 valence electrons. The first-order valence-electron chi connectivity index (χ1n) is 11.0. The topological polar surface area (TPSA) is 115 Å². The number of carbonyl (C=O) groups is 2. The van der Waals surface area contributed by atoms with Crippen molar-refractivity contribution in [2.45, 2.75) is 26.0 Å². The lowest BCUT2D eigenvalue weighted by atomic mass is 10.0. The van der Waals surface area contributed by atoms with Crippen molar-refractivity contribution in [3.63, 3.8) is 0 Å². The van der Waals surface area contributed by atoms with Gasteiger partial charge in [0.2, 0.25) is 5.82 Å². The summed E-state index contributed by atoms with van der Waals surface area (Å²) in [6.07, 6.45) is 2.52. The number of nitrogens with zero attached hydrogens (tertiary/aromatic N) is 4. The van der Waals surface area contributed by atoms with E-state index < -0.39 is 18.1 Å². The summed E-state index contributed by atoms with van der Waals surface area (Å²) >= 11 is 0. The SMILES string of the molecule is CCC1OC(=O)N(Cc2cccc(NC(=O)c3ncccn3)c2)N=C1c1ccc(OC)c(OC)c1. The van der Waals surface area contributed by atoms with Crippen LogP contribution in [0.2, 0.25) is 0 Å². The summed E-state index contributed by atoms with van der Waals surface area (Å²) in [4.78, 5) is 33.0. The van der Waals surface area contributed by atoms with Crippen LogP contribution in [-0.4, -0.2) is 53.0 Å². The van der Waals surface area contributed by atoms with E-state index in [4.69, 9.17) is 14.2 Å². The highest BCUT2D eigenvalue weighted by molar-refractivity contribution is 6.06. The van der Waals surface area contributed by atoms with Crippen LogP contribution in [0.5, 0.6) is 11.5 Å². The third kappa shape index (κ3) is 5.37. The highest BCUT2D eigenvalue weighted by Crippen LogP contribution is 2.30. The van der Waals surface area contributed by atoms with E-state index in [0.29, 0.717) is 29.3 Å². The molecule has 3 aromatic rings. The molecule has 4 rings (SSSR count). The lowest BCUT2D eigenvalue weighted by Crippen LogP contribution is -2.41. The summed E-state index contributed by atoms with van der Waals surface area (Å²) in [6.45, 7) is 2.07. The van der Waals surface area contributed by atoms with Crippen LogP contribution in [0.15, 0.2) is 66.0 Å². The van der Waals surface area contributed by atoms with Gasteiger partial charge in [-0.05, 0) is 48.4 Å². The van der Waals surface area contributed by atoms with E-state index >= 15 is 0 Å². The van der Waals surface area contributed by atoms with Crippen LogP contribution >= 0.6 is 0 Å². The zero-order valence-corrected chi connectivity index (χ0v) is 19.6. The van der Waals surface area contributed by atoms with Gasteiger partial charge in [0.15, 0.2) is 11.5 Å². The number of aromatic nitrogens is 2. The van der Waals surface area contributed by atoms with E-state index in [0.717, 1.165) is 11.1 Å². The fourth-order valence-electron chi connectivity index (χ4n) is 3.61. The molecule has 0 spiro atoms. The molecule has 10 nitrogen and oxygen atoms in total. The molecule has 2 heterocycles. The van der Waals surface area contributed by atoms with Gasteiger partial charge in [-0.2, -0.15) is 10.1 Å². The van der Waals surface area contributed by atoms with Gasteiger partial charge in [-0.1, -0.05) is 19.1 Å². The minimum absolute atomic E-state index is 0.0623. The molecule has 35 heavy (non-hydrogen) atoms. The number of amides is 2. The third-order valence-corrected chi connectivity index (χ3v) is 5.32. The number of methoxy groups -OCH3 is 2. The molecule has 1 atom stereocenters. The van der Waals surface area contributed by atoms with Crippen molar-refractivity contribution in [2.75, 3.05) is 19.5 Å². The Morgan fingerprint density at radius 2 is 1.83 bits per heavy atom. The number of nitrogens with one attached hydrogen (secondary N) is 1. The van der Waals surface area contributed by atoms with Crippen molar-refractivity contribution in [2.24, 2.45) is 5.10 Å². The molecule has 1 aromatic heterocycles. The third-order valence-electron chi connectivity index (χ3n) is 5.32. The van der Waals surface area contributed by atoms with E-state index in [1.165, 1.54) is 17.4 Å². The smallest absolute Gasteiger partial charge is 0.431 e. The largest absolute Gasteiger partial charge is 0.493 e. The minimum atomic E-state index is -0.548. The molecular formula is C25H25N5O5. The molecule has 1 aliphatic rings. The first-order valence-corrected chi connectivity index (χ1v) is 11.0. The Hall–Kier alpha value is -4.47. The highest BCUT2D eigenvalue weighted by Gasteiger charge is 2.31. The van der Waals surface area contributed by atoms with E-state index in [9.17, 15) is 9.59 Å². The maximum atomic E-state index is 12.7. The Bertz CT molecular complexity index is 1250. The van der Waals surface area contributed by atoms with Crippen LogP contribution in [0.25, 0.3) is 0 Å². The second-order valence-corrected chi connectivity index (χ2v) is 7.62. The Morgan fingerprint density at radius 3 is 2.54 bits per heavy atom. The number of hydrazone groups is 1. The maximum absolute atomic E-state index is 12.7. The molecule has 1 unspecified atom stereocenters. The van der Waals surface area contributed by atoms with Gasteiger partial charge in [0, 0.05) is 23.6 Å². The molecule has 0 saturated heterocycles. The van der Waals surface area contributed by atoms with Gasteiger partial charge < -0.3 is 19.5 Å². The molecule has 0 saturated carbocycles. The fraction of sp³-hybridized carbons (Fsp3) is 0.240. The van der Waals surface area contributed by atoms with E-state index in [1.54, 1.807) is 50.6 Å². The van der Waals surface area contributed by atoms with Crippen LogP contribution in [-0.2, 0) is 11.3 Å². The van der Waals surface area contributed by atoms with Crippen molar-refractivity contribution in [1.82, 2.24) is 15.0 Å². The summed E-state index contributed by atoms with van der Waals surface area (Å²) < 4.78 is 16.4. The second kappa shape index (κ2) is 10.6. The number of hydrogen-bond donors (Lipinski definition) is 1. The van der Waals surface area contributed by atoms with Crippen LogP contribution in [0.4, 0.5) is 10.5 Å². The standard InChI is InChI=1S/C25H25N5O5/c1-4-19-22(17-9-10-20(33-2)21(14-17)34-3)29-30(25(32)35-19)15-16-7-5-8-18(13-16)28-24(31)23-26-11-6-12-27-23/h5-14,19H,4,15H2,1-3H3,(H,28,31). The number of hydrogen-bond acceptors (Lipinski definition) is 8. The zero-order valence-electron chi connectivity index (χ0n) is 19.6. The minimum Gasteiger partial charge on any atom is -0.493 e. The van der Waals surface area contributed by atoms with Crippen LogP contribution in [0.3, 0.4) is 0 Å². The van der Waals surface area contributed by atoms with Gasteiger partial charge in [-0.25, -0.2) is 14.8 Å². The predicted molar refractivity (Wildman–Crippen MR) is 129 cm³/mol. The monoisotopic (exact) mass is 475 g/mol. The van der Waals surface area contributed by atoms with E-state index in [2.05, 4.69) is 20.4 Å². The van der Waals surface area contributed by atoms with Crippen molar-refractivity contribution >= 4 is 23.4 Å². The van der Waals surface area contributed by atoms with Crippen LogP contribution < -0.4 is 14.8 Å². The quantitative estimate of drug-likeness (QED) is 0.526. The molecule has 0 radical (unpaired) electrons. The number of benzene rings is 2. The first kappa shape index (κ1) is 23.7. The predicted octanol–water partition coefficient (Wildman–Crippen LogP) is 3.88. The molecular weight excluding hydrogens is 450 g/mol. The lowest BCUT2D eigenvalue weighted by molar-refractivity contribution is 0.0712. The summed E-state index contributed by atoms with van der Waals surface area (Å²) in [7, 11) is 3.13. The number of anilines is 1. The van der Waals surface area contributed by atoms with Crippen molar-refractivity contribution in [3.05, 3.63) is 77.9 Å². The Labute approximate surface area is 202 Å². The lowest BCUT2D eigenvalue weighted by Gasteiger charge is -2.29. The Balaban J connectivity index is 1.57. The van der Waals surface area contributed by atoms with E-state index in [-0.39, 0.29) is 12.4 Å². The first-order chi connectivity index (χ1) is 17.0. The number of cyclic esters (lactones) is 1. The number of ether oxygens (including phenoxy) is 3. The summed E-state index contributed by atoms with van der Waals surface area (Å²) in [5, 5.41) is 8.65. The fourth-order valence-corrected chi connectivity index (χ4v) is 3.61. The summed E-state index contributed by atoms with van der Waals surface area (Å²) in [6, 6.07) is 14.2. The van der Waals surface area contributed by atoms with Gasteiger partial charge in [-0.15, -0.1) is 0 Å². The van der Waals surface area contributed by atoms with Crippen molar-refractivity contribution in [1.29, 1.82) is 0 Å². The Morgan fingerprint density at radius 1 is 1.06 bits per heavy atom.